The third-order valence-corrected chi connectivity index (χ3v) is 0.407. The summed E-state index contributed by atoms with van der Waals surface area (Å²) in [6.45, 7) is -0.0868. The highest BCUT2D eigenvalue weighted by atomic mass is 19.3. The molecule has 0 atom stereocenters. The molecule has 0 unspecified atom stereocenters. The van der Waals surface area contributed by atoms with E-state index in [1.165, 1.54) is 7.05 Å². The van der Waals surface area contributed by atoms with Crippen molar-refractivity contribution in [2.75, 3.05) is 13.6 Å². The van der Waals surface area contributed by atoms with Gasteiger partial charge in [0.2, 0.25) is 0 Å². The zero-order chi connectivity index (χ0) is 5.70. The van der Waals surface area contributed by atoms with Gasteiger partial charge in [-0.2, -0.15) is 0 Å². The fourth-order valence-corrected chi connectivity index (χ4v) is 0.172. The molecule has 0 heterocycles. The van der Waals surface area contributed by atoms with Crippen LogP contribution in [0.5, 0.6) is 0 Å². The molecule has 3 nitrogen and oxygen atoms in total. The molecule has 0 fully saturated rings. The highest BCUT2D eigenvalue weighted by molar-refractivity contribution is 5.70. The van der Waals surface area contributed by atoms with E-state index in [0.29, 0.717) is 0 Å². The summed E-state index contributed by atoms with van der Waals surface area (Å²) >= 11 is 0. The van der Waals surface area contributed by atoms with E-state index in [2.05, 4.69) is 10.3 Å². The number of likely N-dealkylation sites (N-methyl/N-ethyl adjacent to an activating group) is 1. The van der Waals surface area contributed by atoms with Crippen LogP contribution in [0.1, 0.15) is 0 Å². The molecule has 0 saturated carbocycles. The largest absolute Gasteiger partial charge is 0.362 e. The number of halogens is 1. The highest BCUT2D eigenvalue weighted by Crippen LogP contribution is 1.71. The predicted molar refractivity (Wildman–Crippen MR) is 21.1 cm³/mol. The van der Waals surface area contributed by atoms with Crippen molar-refractivity contribution in [3.63, 3.8) is 0 Å². The lowest BCUT2D eigenvalue weighted by atomic mass is 10.7. The molecule has 0 aliphatic carbocycles. The van der Waals surface area contributed by atoms with Gasteiger partial charge in [0.05, 0.1) is 6.54 Å². The van der Waals surface area contributed by atoms with E-state index < -0.39 is 5.97 Å². The average Bonchev–Trinajstić information content (AvgIpc) is 1.68. The Bertz CT molecular complexity index is 66.0. The van der Waals surface area contributed by atoms with Crippen molar-refractivity contribution in [2.45, 2.75) is 0 Å². The molecule has 0 aromatic carbocycles. The van der Waals surface area contributed by atoms with Gasteiger partial charge in [-0.25, -0.2) is 4.79 Å². The summed E-state index contributed by atoms with van der Waals surface area (Å²) in [5.41, 5.74) is 0. The van der Waals surface area contributed by atoms with Crippen LogP contribution in [0, 0.1) is 0 Å². The first-order valence-electron chi connectivity index (χ1n) is 1.77. The summed E-state index contributed by atoms with van der Waals surface area (Å²) in [6, 6.07) is 0. The summed E-state index contributed by atoms with van der Waals surface area (Å²) in [4.78, 5) is 12.5. The number of hydrogen-bond donors (Lipinski definition) is 1. The topological polar surface area (TPSA) is 38.3 Å². The van der Waals surface area contributed by atoms with Gasteiger partial charge >= 0.3 is 5.97 Å². The van der Waals surface area contributed by atoms with Crippen molar-refractivity contribution < 1.29 is 14.3 Å². The van der Waals surface area contributed by atoms with Gasteiger partial charge < -0.3 is 5.32 Å². The lowest BCUT2D eigenvalue weighted by Crippen LogP contribution is -2.18. The van der Waals surface area contributed by atoms with Crippen LogP contribution in [0.4, 0.5) is 4.53 Å². The average molecular weight is 107 g/mol. The maximum Gasteiger partial charge on any atom is 0.362 e. The Labute approximate surface area is 40.4 Å². The van der Waals surface area contributed by atoms with Gasteiger partial charge in [0.25, 0.3) is 0 Å². The molecule has 0 radical (unpaired) electrons. The van der Waals surface area contributed by atoms with Gasteiger partial charge in [-0.15, -0.1) is 0 Å². The minimum atomic E-state index is -0.900. The predicted octanol–water partition coefficient (Wildman–Crippen LogP) is -0.367. The summed E-state index contributed by atoms with van der Waals surface area (Å²) in [7, 11) is 1.52. The Morgan fingerprint density at radius 2 is 2.57 bits per heavy atom. The summed E-state index contributed by atoms with van der Waals surface area (Å²) < 4.78 is 10.7. The van der Waals surface area contributed by atoms with Gasteiger partial charge in [0, 0.05) is 4.53 Å². The van der Waals surface area contributed by atoms with E-state index in [1.807, 2.05) is 0 Å². The molecular formula is C3H6FNO2. The zero-order valence-electron chi connectivity index (χ0n) is 3.90. The molecule has 0 spiro atoms. The van der Waals surface area contributed by atoms with E-state index in [-0.39, 0.29) is 6.54 Å². The van der Waals surface area contributed by atoms with Crippen LogP contribution in [0.3, 0.4) is 0 Å². The lowest BCUT2D eigenvalue weighted by molar-refractivity contribution is -0.182. The fraction of sp³-hybridized carbons (Fsp3) is 0.667. The van der Waals surface area contributed by atoms with Crippen LogP contribution in [-0.4, -0.2) is 19.6 Å². The maximum atomic E-state index is 10.7. The van der Waals surface area contributed by atoms with Crippen LogP contribution in [0.25, 0.3) is 0 Å². The summed E-state index contributed by atoms with van der Waals surface area (Å²) in [6.07, 6.45) is 0. The molecule has 0 aromatic heterocycles. The van der Waals surface area contributed by atoms with Crippen molar-refractivity contribution in [1.29, 1.82) is 0 Å². The first kappa shape index (κ1) is 6.36. The van der Waals surface area contributed by atoms with Crippen molar-refractivity contribution >= 4 is 5.97 Å². The van der Waals surface area contributed by atoms with Crippen LogP contribution in [-0.2, 0) is 9.74 Å². The minimum Gasteiger partial charge on any atom is -0.310 e. The van der Waals surface area contributed by atoms with Crippen LogP contribution in [0.2, 0.25) is 0 Å². The highest BCUT2D eigenvalue weighted by Gasteiger charge is 1.96. The van der Waals surface area contributed by atoms with Gasteiger partial charge in [-0.05, 0) is 7.05 Å². The van der Waals surface area contributed by atoms with Crippen LogP contribution < -0.4 is 5.32 Å². The molecule has 0 rings (SSSR count). The van der Waals surface area contributed by atoms with Gasteiger partial charge in [0.15, 0.2) is 0 Å². The normalized spacial score (nSPS) is 8.29. The van der Waals surface area contributed by atoms with Crippen molar-refractivity contribution in [2.24, 2.45) is 0 Å². The molecule has 0 saturated heterocycles. The molecule has 7 heavy (non-hydrogen) atoms. The zero-order valence-corrected chi connectivity index (χ0v) is 3.90. The quantitative estimate of drug-likeness (QED) is 0.523. The number of carbonyl (C=O) groups is 1. The summed E-state index contributed by atoms with van der Waals surface area (Å²) in [5, 5.41) is 2.40. The number of nitrogens with one attached hydrogen (secondary N) is 1. The van der Waals surface area contributed by atoms with E-state index >= 15 is 0 Å². The molecule has 0 aromatic rings. The number of hydrogen-bond acceptors (Lipinski definition) is 3. The molecule has 0 amide bonds. The van der Waals surface area contributed by atoms with E-state index in [0.717, 1.165) is 0 Å². The lowest BCUT2D eigenvalue weighted by Gasteiger charge is -1.87. The van der Waals surface area contributed by atoms with E-state index in [4.69, 9.17) is 0 Å². The summed E-state index contributed by atoms with van der Waals surface area (Å²) in [5.74, 6) is -0.900. The Balaban J connectivity index is 3.00. The van der Waals surface area contributed by atoms with Gasteiger partial charge in [-0.3, -0.25) is 4.94 Å². The first-order valence-corrected chi connectivity index (χ1v) is 1.77. The fourth-order valence-electron chi connectivity index (χ4n) is 0.172. The molecule has 0 bridgehead atoms. The smallest absolute Gasteiger partial charge is 0.310 e. The minimum absolute atomic E-state index is 0.0868. The second kappa shape index (κ2) is 3.55. The second-order valence-corrected chi connectivity index (χ2v) is 0.979. The Morgan fingerprint density at radius 1 is 2.00 bits per heavy atom. The Morgan fingerprint density at radius 3 is 2.71 bits per heavy atom. The standard InChI is InChI=1S/C3H6FNO2/c1-5-2-3(6)7-4/h5H,2H2,1H3. The molecule has 0 aliphatic heterocycles. The van der Waals surface area contributed by atoms with Gasteiger partial charge in [-0.1, -0.05) is 0 Å². The number of carbonyl (C=O) groups excluding carboxylic acids is 1. The Kier molecular flexibility index (Phi) is 3.22. The first-order chi connectivity index (χ1) is 3.31. The maximum absolute atomic E-state index is 10.7. The van der Waals surface area contributed by atoms with E-state index in [9.17, 15) is 9.32 Å². The second-order valence-electron chi connectivity index (χ2n) is 0.979. The number of rotatable bonds is 2. The van der Waals surface area contributed by atoms with Gasteiger partial charge in [0.1, 0.15) is 0 Å². The Hall–Kier alpha value is -0.640. The van der Waals surface area contributed by atoms with Crippen LogP contribution in [0.15, 0.2) is 0 Å². The molecule has 0 aliphatic rings. The third-order valence-electron chi connectivity index (χ3n) is 0.407. The van der Waals surface area contributed by atoms with Crippen molar-refractivity contribution in [3.8, 4) is 0 Å². The molecule has 42 valence electrons. The van der Waals surface area contributed by atoms with E-state index in [1.54, 1.807) is 0 Å². The van der Waals surface area contributed by atoms with Crippen molar-refractivity contribution in [1.82, 2.24) is 5.32 Å². The molecule has 4 heteroatoms. The molecule has 1 N–H and O–H groups in total. The van der Waals surface area contributed by atoms with Crippen LogP contribution >= 0.6 is 0 Å². The SMILES string of the molecule is CNCC(=O)OF. The third kappa shape index (κ3) is 3.18. The molecular weight excluding hydrogens is 101 g/mol. The monoisotopic (exact) mass is 107 g/mol. The van der Waals surface area contributed by atoms with Crippen molar-refractivity contribution in [3.05, 3.63) is 0 Å².